The Balaban J connectivity index is 1.45. The van der Waals surface area contributed by atoms with Crippen LogP contribution in [0.15, 0.2) is 53.8 Å². The largest absolute Gasteiger partial charge is 0.390 e. The van der Waals surface area contributed by atoms with Gasteiger partial charge in [0.15, 0.2) is 0 Å². The van der Waals surface area contributed by atoms with E-state index in [0.29, 0.717) is 13.1 Å². The van der Waals surface area contributed by atoms with Crippen LogP contribution < -0.4 is 5.32 Å². The average Bonchev–Trinajstić information content (AvgIpc) is 2.99. The third-order valence-corrected chi connectivity index (χ3v) is 3.31. The molecule has 0 saturated heterocycles. The summed E-state index contributed by atoms with van der Waals surface area (Å²) in [5, 5.41) is 7.38. The summed E-state index contributed by atoms with van der Waals surface area (Å²) in [5.41, 5.74) is 2.78. The minimum absolute atomic E-state index is 0.0162. The predicted octanol–water partition coefficient (Wildman–Crippen LogP) is 2.50. The van der Waals surface area contributed by atoms with E-state index in [9.17, 15) is 4.39 Å². The van der Waals surface area contributed by atoms with Crippen molar-refractivity contribution in [3.8, 4) is 0 Å². The van der Waals surface area contributed by atoms with E-state index in [4.69, 9.17) is 4.84 Å². The van der Waals surface area contributed by atoms with Crippen LogP contribution in [0.4, 0.5) is 4.39 Å². The van der Waals surface area contributed by atoms with Crippen molar-refractivity contribution < 1.29 is 9.23 Å². The first kappa shape index (κ1) is 13.7. The molecule has 21 heavy (non-hydrogen) atoms. The summed E-state index contributed by atoms with van der Waals surface area (Å²) in [6.45, 7) is 1.37. The molecule has 0 spiro atoms. The molecule has 1 unspecified atom stereocenters. The molecular formula is C16H16FN3O. The number of benzene rings is 1. The highest BCUT2D eigenvalue weighted by atomic mass is 19.1. The molecule has 1 aromatic carbocycles. The summed E-state index contributed by atoms with van der Waals surface area (Å²) >= 11 is 0. The van der Waals surface area contributed by atoms with E-state index in [1.807, 2.05) is 18.2 Å². The van der Waals surface area contributed by atoms with Crippen molar-refractivity contribution >= 4 is 5.71 Å². The lowest BCUT2D eigenvalue weighted by Crippen LogP contribution is -2.26. The summed E-state index contributed by atoms with van der Waals surface area (Å²) in [5.74, 6) is -0.216. The average molecular weight is 285 g/mol. The van der Waals surface area contributed by atoms with Crippen LogP contribution in [0.25, 0.3) is 0 Å². The molecule has 0 aliphatic carbocycles. The number of aromatic nitrogens is 1. The molecule has 5 heteroatoms. The molecule has 2 heterocycles. The highest BCUT2D eigenvalue weighted by Crippen LogP contribution is 2.14. The maximum Gasteiger partial charge on any atom is 0.145 e. The molecule has 1 N–H and O–H groups in total. The Bertz CT molecular complexity index is 613. The zero-order chi connectivity index (χ0) is 14.5. The summed E-state index contributed by atoms with van der Waals surface area (Å²) in [7, 11) is 0. The van der Waals surface area contributed by atoms with Gasteiger partial charge in [0.05, 0.1) is 5.69 Å². The van der Waals surface area contributed by atoms with Crippen LogP contribution in [0, 0.1) is 5.82 Å². The van der Waals surface area contributed by atoms with Gasteiger partial charge in [-0.1, -0.05) is 23.4 Å². The van der Waals surface area contributed by atoms with Crippen LogP contribution >= 0.6 is 0 Å². The molecule has 108 valence electrons. The van der Waals surface area contributed by atoms with Crippen molar-refractivity contribution in [3.63, 3.8) is 0 Å². The third-order valence-electron chi connectivity index (χ3n) is 3.31. The second-order valence-corrected chi connectivity index (χ2v) is 4.94. The van der Waals surface area contributed by atoms with Gasteiger partial charge < -0.3 is 10.2 Å². The zero-order valence-corrected chi connectivity index (χ0v) is 11.5. The van der Waals surface area contributed by atoms with Crippen LogP contribution in [-0.2, 0) is 11.4 Å². The molecule has 0 radical (unpaired) electrons. The molecule has 0 amide bonds. The number of rotatable bonds is 5. The number of hydrogen-bond acceptors (Lipinski definition) is 4. The first-order valence-corrected chi connectivity index (χ1v) is 6.90. The number of hydrogen-bond donors (Lipinski definition) is 1. The van der Waals surface area contributed by atoms with Gasteiger partial charge in [-0.3, -0.25) is 4.98 Å². The van der Waals surface area contributed by atoms with E-state index >= 15 is 0 Å². The lowest BCUT2D eigenvalue weighted by molar-refractivity contribution is 0.0848. The second-order valence-electron chi connectivity index (χ2n) is 4.94. The van der Waals surface area contributed by atoms with E-state index in [1.54, 1.807) is 18.3 Å². The van der Waals surface area contributed by atoms with Gasteiger partial charge in [-0.25, -0.2) is 4.39 Å². The van der Waals surface area contributed by atoms with Crippen molar-refractivity contribution in [2.24, 2.45) is 5.16 Å². The minimum Gasteiger partial charge on any atom is -0.390 e. The fourth-order valence-electron chi connectivity index (χ4n) is 2.20. The molecule has 0 fully saturated rings. The first-order chi connectivity index (χ1) is 10.3. The monoisotopic (exact) mass is 285 g/mol. The van der Waals surface area contributed by atoms with Crippen molar-refractivity contribution in [2.75, 3.05) is 6.54 Å². The Labute approximate surface area is 122 Å². The van der Waals surface area contributed by atoms with Gasteiger partial charge >= 0.3 is 0 Å². The first-order valence-electron chi connectivity index (χ1n) is 6.90. The van der Waals surface area contributed by atoms with Gasteiger partial charge in [0.2, 0.25) is 0 Å². The molecule has 2 aromatic rings. The summed E-state index contributed by atoms with van der Waals surface area (Å²) in [6.07, 6.45) is 2.51. The molecule has 0 bridgehead atoms. The number of nitrogens with one attached hydrogen (secondary N) is 1. The van der Waals surface area contributed by atoms with Crippen LogP contribution in [-0.4, -0.2) is 23.3 Å². The molecule has 0 saturated carbocycles. The van der Waals surface area contributed by atoms with Gasteiger partial charge in [0.1, 0.15) is 17.6 Å². The second kappa shape index (κ2) is 6.45. The Morgan fingerprint density at radius 2 is 2.05 bits per heavy atom. The smallest absolute Gasteiger partial charge is 0.145 e. The molecule has 4 nitrogen and oxygen atoms in total. The van der Waals surface area contributed by atoms with Crippen molar-refractivity contribution in [1.82, 2.24) is 10.3 Å². The minimum atomic E-state index is -0.216. The fraction of sp³-hybridized carbons (Fsp3) is 0.250. The maximum atomic E-state index is 12.8. The predicted molar refractivity (Wildman–Crippen MR) is 78.4 cm³/mol. The molecular weight excluding hydrogens is 269 g/mol. The van der Waals surface area contributed by atoms with Crippen molar-refractivity contribution in [3.05, 3.63) is 65.7 Å². The summed E-state index contributed by atoms with van der Waals surface area (Å²) in [4.78, 5) is 9.67. The standard InChI is InChI=1S/C16H16FN3O/c17-13-6-4-12(5-7-13)10-18-11-14-9-16(20-21-14)15-3-1-2-8-19-15/h1-8,14,18H,9-11H2. The highest BCUT2D eigenvalue weighted by Gasteiger charge is 2.22. The van der Waals surface area contributed by atoms with Gasteiger partial charge in [-0.15, -0.1) is 0 Å². The lowest BCUT2D eigenvalue weighted by atomic mass is 10.1. The Hall–Kier alpha value is -2.27. The molecule has 3 rings (SSSR count). The van der Waals surface area contributed by atoms with Gasteiger partial charge in [0, 0.05) is 25.7 Å². The SMILES string of the molecule is Fc1ccc(CNCC2CC(c3ccccn3)=NO2)cc1. The van der Waals surface area contributed by atoms with Crippen molar-refractivity contribution in [1.29, 1.82) is 0 Å². The molecule has 1 aromatic heterocycles. The normalized spacial score (nSPS) is 17.4. The number of nitrogens with zero attached hydrogens (tertiary/aromatic N) is 2. The van der Waals surface area contributed by atoms with Crippen LogP contribution in [0.3, 0.4) is 0 Å². The topological polar surface area (TPSA) is 46.5 Å². The Morgan fingerprint density at radius 3 is 2.81 bits per heavy atom. The molecule has 1 aliphatic rings. The van der Waals surface area contributed by atoms with Crippen LogP contribution in [0.2, 0.25) is 0 Å². The summed E-state index contributed by atoms with van der Waals surface area (Å²) < 4.78 is 12.8. The third kappa shape index (κ3) is 3.64. The van der Waals surface area contributed by atoms with Crippen molar-refractivity contribution in [2.45, 2.75) is 19.1 Å². The number of oxime groups is 1. The van der Waals surface area contributed by atoms with Crippen LogP contribution in [0.1, 0.15) is 17.7 Å². The Kier molecular flexibility index (Phi) is 4.21. The van der Waals surface area contributed by atoms with E-state index in [-0.39, 0.29) is 11.9 Å². The van der Waals surface area contributed by atoms with Gasteiger partial charge in [-0.2, -0.15) is 0 Å². The highest BCUT2D eigenvalue weighted by molar-refractivity contribution is 5.99. The zero-order valence-electron chi connectivity index (χ0n) is 11.5. The Morgan fingerprint density at radius 1 is 1.19 bits per heavy atom. The van der Waals surface area contributed by atoms with E-state index in [2.05, 4.69) is 15.5 Å². The van der Waals surface area contributed by atoms with E-state index < -0.39 is 0 Å². The fourth-order valence-corrected chi connectivity index (χ4v) is 2.20. The lowest BCUT2D eigenvalue weighted by Gasteiger charge is -2.09. The van der Waals surface area contributed by atoms with E-state index in [0.717, 1.165) is 23.4 Å². The summed E-state index contributed by atoms with van der Waals surface area (Å²) in [6, 6.07) is 12.2. The van der Waals surface area contributed by atoms with Crippen LogP contribution in [0.5, 0.6) is 0 Å². The molecule has 1 atom stereocenters. The quantitative estimate of drug-likeness (QED) is 0.918. The maximum absolute atomic E-state index is 12.8. The number of pyridine rings is 1. The van der Waals surface area contributed by atoms with Gasteiger partial charge in [0.25, 0.3) is 0 Å². The molecule has 1 aliphatic heterocycles. The van der Waals surface area contributed by atoms with E-state index in [1.165, 1.54) is 12.1 Å². The van der Waals surface area contributed by atoms with Gasteiger partial charge in [-0.05, 0) is 29.8 Å². The number of halogens is 1.